The number of fused-ring (bicyclic) bond motifs is 4. The van der Waals surface area contributed by atoms with Gasteiger partial charge in [0.05, 0.1) is 14.2 Å². The monoisotopic (exact) mass is 325 g/mol. The molecule has 2 aliphatic heterocycles. The summed E-state index contributed by atoms with van der Waals surface area (Å²) in [5, 5.41) is 20.0. The third-order valence-electron chi connectivity index (χ3n) is 4.79. The first-order valence-electron chi connectivity index (χ1n) is 7.88. The highest BCUT2D eigenvalue weighted by molar-refractivity contribution is 5.87. The Labute approximate surface area is 140 Å². The van der Waals surface area contributed by atoms with Gasteiger partial charge in [0.1, 0.15) is 0 Å². The van der Waals surface area contributed by atoms with Gasteiger partial charge in [-0.3, -0.25) is 0 Å². The molecule has 2 aromatic carbocycles. The fourth-order valence-corrected chi connectivity index (χ4v) is 3.59. The molecule has 5 nitrogen and oxygen atoms in total. The van der Waals surface area contributed by atoms with E-state index in [4.69, 9.17) is 9.47 Å². The fraction of sp³-hybridized carbons (Fsp3) is 0.263. The van der Waals surface area contributed by atoms with E-state index < -0.39 is 0 Å². The molecule has 0 unspecified atom stereocenters. The number of hydrogen-bond donors (Lipinski definition) is 2. The largest absolute Gasteiger partial charge is 0.504 e. The third kappa shape index (κ3) is 2.08. The first-order chi connectivity index (χ1) is 11.6. The van der Waals surface area contributed by atoms with Crippen LogP contribution >= 0.6 is 0 Å². The standard InChI is InChI=1S/C19H19NO4/c1-23-18-9-13-12(8-17(18)22)5-6-20-10-14-11(7-15(13)20)3-4-16(21)19(14)24-2/h3-4,7-9,21-22H,5-6,10H2,1-2H3. The molecule has 0 spiro atoms. The van der Waals surface area contributed by atoms with Crippen molar-refractivity contribution in [3.63, 3.8) is 0 Å². The van der Waals surface area contributed by atoms with Gasteiger partial charge in [-0.25, -0.2) is 0 Å². The quantitative estimate of drug-likeness (QED) is 0.889. The number of ether oxygens (including phenoxy) is 2. The number of nitrogens with zero attached hydrogens (tertiary/aromatic N) is 1. The van der Waals surface area contributed by atoms with Crippen LogP contribution in [0, 0.1) is 0 Å². The molecular formula is C19H19NO4. The summed E-state index contributed by atoms with van der Waals surface area (Å²) >= 11 is 0. The molecule has 5 heteroatoms. The zero-order valence-electron chi connectivity index (χ0n) is 13.7. The van der Waals surface area contributed by atoms with Gasteiger partial charge in [-0.15, -0.1) is 0 Å². The molecule has 0 radical (unpaired) electrons. The van der Waals surface area contributed by atoms with Crippen LogP contribution in [0.4, 0.5) is 0 Å². The molecule has 124 valence electrons. The lowest BCUT2D eigenvalue weighted by Gasteiger charge is -2.37. The van der Waals surface area contributed by atoms with Gasteiger partial charge in [0, 0.05) is 29.9 Å². The summed E-state index contributed by atoms with van der Waals surface area (Å²) in [5.41, 5.74) is 5.33. The molecule has 0 amide bonds. The zero-order chi connectivity index (χ0) is 16.8. The number of methoxy groups -OCH3 is 2. The molecule has 2 N–H and O–H groups in total. The highest BCUT2D eigenvalue weighted by Gasteiger charge is 2.28. The van der Waals surface area contributed by atoms with Crippen LogP contribution in [0.25, 0.3) is 11.8 Å². The minimum Gasteiger partial charge on any atom is -0.504 e. The number of hydrogen-bond acceptors (Lipinski definition) is 5. The maximum absolute atomic E-state index is 10.0. The van der Waals surface area contributed by atoms with Crippen molar-refractivity contribution in [2.75, 3.05) is 20.8 Å². The second-order valence-corrected chi connectivity index (χ2v) is 6.07. The molecule has 2 aromatic rings. The molecule has 2 aliphatic rings. The van der Waals surface area contributed by atoms with E-state index in [0.717, 1.165) is 40.9 Å². The normalized spacial score (nSPS) is 15.1. The van der Waals surface area contributed by atoms with Gasteiger partial charge in [-0.05, 0) is 41.8 Å². The van der Waals surface area contributed by atoms with E-state index in [9.17, 15) is 10.2 Å². The van der Waals surface area contributed by atoms with E-state index in [1.54, 1.807) is 26.4 Å². The lowest BCUT2D eigenvalue weighted by Crippen LogP contribution is -2.31. The molecule has 0 saturated carbocycles. The lowest BCUT2D eigenvalue weighted by atomic mass is 9.90. The third-order valence-corrected chi connectivity index (χ3v) is 4.79. The van der Waals surface area contributed by atoms with Crippen molar-refractivity contribution < 1.29 is 19.7 Å². The molecule has 24 heavy (non-hydrogen) atoms. The molecular weight excluding hydrogens is 306 g/mol. The molecule has 0 atom stereocenters. The van der Waals surface area contributed by atoms with Crippen molar-refractivity contribution in [2.45, 2.75) is 13.0 Å². The van der Waals surface area contributed by atoms with Crippen LogP contribution in [0.3, 0.4) is 0 Å². The minimum absolute atomic E-state index is 0.164. The fourth-order valence-electron chi connectivity index (χ4n) is 3.59. The van der Waals surface area contributed by atoms with E-state index in [2.05, 4.69) is 11.0 Å². The SMILES string of the molecule is COc1cc2c(cc1O)CCN1Cc3c(ccc(O)c3OC)C=C21. The van der Waals surface area contributed by atoms with E-state index in [1.807, 2.05) is 12.1 Å². The van der Waals surface area contributed by atoms with Gasteiger partial charge in [0.25, 0.3) is 0 Å². The summed E-state index contributed by atoms with van der Waals surface area (Å²) in [4.78, 5) is 2.27. The lowest BCUT2D eigenvalue weighted by molar-refractivity contribution is 0.341. The Kier molecular flexibility index (Phi) is 3.30. The maximum atomic E-state index is 10.0. The summed E-state index contributed by atoms with van der Waals surface area (Å²) in [6, 6.07) is 7.25. The van der Waals surface area contributed by atoms with E-state index in [1.165, 1.54) is 0 Å². The molecule has 0 bridgehead atoms. The molecule has 0 fully saturated rings. The predicted octanol–water partition coefficient (Wildman–Crippen LogP) is 2.98. The van der Waals surface area contributed by atoms with Crippen LogP contribution < -0.4 is 9.47 Å². The van der Waals surface area contributed by atoms with Gasteiger partial charge < -0.3 is 24.6 Å². The number of aromatic hydroxyl groups is 2. The van der Waals surface area contributed by atoms with E-state index in [0.29, 0.717) is 18.0 Å². The van der Waals surface area contributed by atoms with Crippen LogP contribution in [-0.4, -0.2) is 35.9 Å². The smallest absolute Gasteiger partial charge is 0.166 e. The highest BCUT2D eigenvalue weighted by atomic mass is 16.5. The first kappa shape index (κ1) is 14.8. The van der Waals surface area contributed by atoms with E-state index >= 15 is 0 Å². The molecule has 0 saturated heterocycles. The van der Waals surface area contributed by atoms with Gasteiger partial charge in [-0.2, -0.15) is 0 Å². The van der Waals surface area contributed by atoms with Crippen LogP contribution in [0.2, 0.25) is 0 Å². The Morgan fingerprint density at radius 3 is 2.62 bits per heavy atom. The average molecular weight is 325 g/mol. The van der Waals surface area contributed by atoms with Crippen molar-refractivity contribution in [1.82, 2.24) is 4.90 Å². The van der Waals surface area contributed by atoms with Crippen molar-refractivity contribution in [3.8, 4) is 23.0 Å². The highest BCUT2D eigenvalue weighted by Crippen LogP contribution is 2.44. The van der Waals surface area contributed by atoms with Crippen molar-refractivity contribution in [1.29, 1.82) is 0 Å². The molecule has 4 rings (SSSR count). The Balaban J connectivity index is 1.89. The minimum atomic E-state index is 0.164. The summed E-state index contributed by atoms with van der Waals surface area (Å²) < 4.78 is 10.6. The topological polar surface area (TPSA) is 62.2 Å². The number of rotatable bonds is 2. The second kappa shape index (κ2) is 5.37. The Bertz CT molecular complexity index is 857. The Hall–Kier alpha value is -2.82. The van der Waals surface area contributed by atoms with Crippen molar-refractivity contribution in [3.05, 3.63) is 46.5 Å². The van der Waals surface area contributed by atoms with Crippen molar-refractivity contribution in [2.24, 2.45) is 0 Å². The Morgan fingerprint density at radius 2 is 1.88 bits per heavy atom. The first-order valence-corrected chi connectivity index (χ1v) is 7.88. The van der Waals surface area contributed by atoms with Gasteiger partial charge in [0.2, 0.25) is 0 Å². The molecule has 2 heterocycles. The predicted molar refractivity (Wildman–Crippen MR) is 91.3 cm³/mol. The Morgan fingerprint density at radius 1 is 1.04 bits per heavy atom. The second-order valence-electron chi connectivity index (χ2n) is 6.07. The van der Waals surface area contributed by atoms with Crippen LogP contribution in [-0.2, 0) is 13.0 Å². The van der Waals surface area contributed by atoms with Gasteiger partial charge in [-0.1, -0.05) is 6.07 Å². The average Bonchev–Trinajstić information content (AvgIpc) is 2.59. The van der Waals surface area contributed by atoms with Gasteiger partial charge >= 0.3 is 0 Å². The maximum Gasteiger partial charge on any atom is 0.166 e. The van der Waals surface area contributed by atoms with Crippen LogP contribution in [0.1, 0.15) is 22.3 Å². The summed E-state index contributed by atoms with van der Waals surface area (Å²) in [5.74, 6) is 1.35. The number of phenolic OH excluding ortho intramolecular Hbond substituents is 2. The summed E-state index contributed by atoms with van der Waals surface area (Å²) in [7, 11) is 3.13. The molecule has 0 aromatic heterocycles. The summed E-state index contributed by atoms with van der Waals surface area (Å²) in [6.07, 6.45) is 2.95. The van der Waals surface area contributed by atoms with Crippen molar-refractivity contribution >= 4 is 11.8 Å². The number of phenols is 2. The number of benzene rings is 2. The van der Waals surface area contributed by atoms with Crippen LogP contribution in [0.15, 0.2) is 24.3 Å². The van der Waals surface area contributed by atoms with Gasteiger partial charge in [0.15, 0.2) is 23.0 Å². The van der Waals surface area contributed by atoms with E-state index in [-0.39, 0.29) is 11.5 Å². The summed E-state index contributed by atoms with van der Waals surface area (Å²) in [6.45, 7) is 1.53. The zero-order valence-corrected chi connectivity index (χ0v) is 13.7. The van der Waals surface area contributed by atoms with Crippen LogP contribution in [0.5, 0.6) is 23.0 Å². The molecule has 0 aliphatic carbocycles.